The monoisotopic (exact) mass is 568 g/mol. The Morgan fingerprint density at radius 2 is 1.52 bits per heavy atom. The topological polar surface area (TPSA) is 147 Å². The van der Waals surface area contributed by atoms with Crippen LogP contribution in [0.1, 0.15) is 64.2 Å². The van der Waals surface area contributed by atoms with Gasteiger partial charge in [-0.2, -0.15) is 4.98 Å². The van der Waals surface area contributed by atoms with E-state index in [0.29, 0.717) is 37.6 Å². The molecule has 3 aromatic carbocycles. The predicted octanol–water partition coefficient (Wildman–Crippen LogP) is 5.38. The van der Waals surface area contributed by atoms with Crippen molar-refractivity contribution < 1.29 is 28.4 Å². The van der Waals surface area contributed by atoms with Crippen LogP contribution in [0.15, 0.2) is 81.8 Å². The molecule has 10 nitrogen and oxygen atoms in total. The minimum absolute atomic E-state index is 0.00293. The Balaban J connectivity index is 1.47. The Hall–Kier alpha value is -4.96. The Morgan fingerprint density at radius 1 is 0.881 bits per heavy atom. The lowest BCUT2D eigenvalue weighted by Gasteiger charge is -2.20. The quantitative estimate of drug-likeness (QED) is 0.191. The molecule has 42 heavy (non-hydrogen) atoms. The van der Waals surface area contributed by atoms with Crippen LogP contribution in [0, 0.1) is 0 Å². The van der Waals surface area contributed by atoms with E-state index in [0.717, 1.165) is 28.0 Å². The molecule has 216 valence electrons. The summed E-state index contributed by atoms with van der Waals surface area (Å²) in [4.78, 5) is 16.2. The number of nitrogens with two attached hydrogens (primary N) is 1. The van der Waals surface area contributed by atoms with Crippen LogP contribution in [0.5, 0.6) is 11.5 Å². The van der Waals surface area contributed by atoms with E-state index >= 15 is 0 Å². The Bertz CT molecular complexity index is 1630. The average Bonchev–Trinajstić information content (AvgIpc) is 3.66. The summed E-state index contributed by atoms with van der Waals surface area (Å²) in [7, 11) is 0. The second-order valence-corrected chi connectivity index (χ2v) is 10.1. The summed E-state index contributed by atoms with van der Waals surface area (Å²) >= 11 is 0. The number of ether oxygens (including phenoxy) is 2. The summed E-state index contributed by atoms with van der Waals surface area (Å²) in [5.41, 5.74) is 9.73. The number of primary amides is 1. The predicted molar refractivity (Wildman–Crippen MR) is 154 cm³/mol. The zero-order chi connectivity index (χ0) is 29.5. The van der Waals surface area contributed by atoms with Gasteiger partial charge in [-0.05, 0) is 40.7 Å². The molecule has 0 saturated carbocycles. The third-order valence-corrected chi connectivity index (χ3v) is 6.73. The maximum absolute atomic E-state index is 12.1. The number of hydrogen-bond acceptors (Lipinski definition) is 9. The SMILES string of the molecule is CC(C)c1cc(CCc2onc(C(N)=O)c2-c2noc(CO)n2)c(OCc2ccccc2)cc1OCc1ccccc1. The van der Waals surface area contributed by atoms with E-state index in [9.17, 15) is 9.90 Å². The lowest BCUT2D eigenvalue weighted by Crippen LogP contribution is -2.13. The first kappa shape index (κ1) is 28.6. The molecule has 0 bridgehead atoms. The first-order valence-electron chi connectivity index (χ1n) is 13.6. The molecular weight excluding hydrogens is 536 g/mol. The van der Waals surface area contributed by atoms with Gasteiger partial charge in [0.05, 0.1) is 5.56 Å². The second kappa shape index (κ2) is 13.1. The number of hydrogen-bond donors (Lipinski definition) is 2. The van der Waals surface area contributed by atoms with Crippen LogP contribution in [-0.2, 0) is 32.7 Å². The molecule has 0 saturated heterocycles. The lowest BCUT2D eigenvalue weighted by atomic mass is 9.96. The van der Waals surface area contributed by atoms with Crippen molar-refractivity contribution in [3.05, 3.63) is 112 Å². The van der Waals surface area contributed by atoms with E-state index in [1.807, 2.05) is 66.7 Å². The van der Waals surface area contributed by atoms with Gasteiger partial charge >= 0.3 is 0 Å². The van der Waals surface area contributed by atoms with E-state index in [1.165, 1.54) is 0 Å². The van der Waals surface area contributed by atoms with Gasteiger partial charge in [-0.25, -0.2) is 0 Å². The van der Waals surface area contributed by atoms with E-state index in [2.05, 4.69) is 35.2 Å². The minimum Gasteiger partial charge on any atom is -0.488 e. The van der Waals surface area contributed by atoms with Crippen LogP contribution in [0.4, 0.5) is 0 Å². The van der Waals surface area contributed by atoms with Gasteiger partial charge in [-0.3, -0.25) is 4.79 Å². The number of carbonyl (C=O) groups is 1. The highest BCUT2D eigenvalue weighted by Gasteiger charge is 2.26. The smallest absolute Gasteiger partial charge is 0.271 e. The molecule has 0 unspecified atom stereocenters. The minimum atomic E-state index is -0.788. The number of aryl methyl sites for hydroxylation is 2. The maximum Gasteiger partial charge on any atom is 0.271 e. The molecular formula is C32H32N4O6. The first-order valence-corrected chi connectivity index (χ1v) is 13.6. The molecule has 5 aromatic rings. The zero-order valence-electron chi connectivity index (χ0n) is 23.4. The number of benzene rings is 3. The van der Waals surface area contributed by atoms with E-state index in [4.69, 9.17) is 24.3 Å². The molecule has 0 aliphatic rings. The fraction of sp³-hybridized carbons (Fsp3) is 0.250. The first-order chi connectivity index (χ1) is 20.4. The number of nitrogens with zero attached hydrogens (tertiary/aromatic N) is 3. The maximum atomic E-state index is 12.1. The molecule has 0 spiro atoms. The molecule has 0 atom stereocenters. The number of aliphatic hydroxyl groups is 1. The van der Waals surface area contributed by atoms with Crippen LogP contribution in [-0.4, -0.2) is 26.3 Å². The van der Waals surface area contributed by atoms with Crippen molar-refractivity contribution in [3.63, 3.8) is 0 Å². The van der Waals surface area contributed by atoms with Gasteiger partial charge in [0, 0.05) is 12.5 Å². The third kappa shape index (κ3) is 6.67. The standard InChI is InChI=1S/C32H32N4O6/c1-20(2)24-15-23(13-14-25-29(30(31(33)38)35-41-25)32-34-28(17-37)42-36-32)26(39-18-21-9-5-3-6-10-21)16-27(24)40-19-22-11-7-4-8-12-22/h3-12,15-16,20,37H,13-14,17-19H2,1-2H3,(H2,33,38). The molecule has 0 fully saturated rings. The van der Waals surface area contributed by atoms with Crippen molar-refractivity contribution >= 4 is 5.91 Å². The van der Waals surface area contributed by atoms with E-state index < -0.39 is 12.5 Å². The van der Waals surface area contributed by atoms with Gasteiger partial charge < -0.3 is 29.4 Å². The highest BCUT2D eigenvalue weighted by Crippen LogP contribution is 2.36. The third-order valence-electron chi connectivity index (χ3n) is 6.73. The summed E-state index contributed by atoms with van der Waals surface area (Å²) in [5, 5.41) is 17.1. The molecule has 10 heteroatoms. The normalized spacial score (nSPS) is 11.1. The summed E-state index contributed by atoms with van der Waals surface area (Å²) in [6.07, 6.45) is 0.815. The fourth-order valence-electron chi connectivity index (χ4n) is 4.56. The van der Waals surface area contributed by atoms with Crippen molar-refractivity contribution in [2.45, 2.75) is 52.4 Å². The number of carbonyl (C=O) groups excluding carboxylic acids is 1. The molecule has 3 N–H and O–H groups in total. The Kier molecular flexibility index (Phi) is 8.93. The molecule has 2 heterocycles. The largest absolute Gasteiger partial charge is 0.488 e. The van der Waals surface area contributed by atoms with Crippen LogP contribution in [0.25, 0.3) is 11.4 Å². The molecule has 2 aromatic heterocycles. The van der Waals surface area contributed by atoms with Gasteiger partial charge in [0.25, 0.3) is 11.8 Å². The average molecular weight is 569 g/mol. The van der Waals surface area contributed by atoms with Crippen LogP contribution < -0.4 is 15.2 Å². The zero-order valence-corrected chi connectivity index (χ0v) is 23.4. The summed E-state index contributed by atoms with van der Waals surface area (Å²) in [6, 6.07) is 24.0. The van der Waals surface area contributed by atoms with Crippen LogP contribution >= 0.6 is 0 Å². The fourth-order valence-corrected chi connectivity index (χ4v) is 4.56. The van der Waals surface area contributed by atoms with Gasteiger partial charge in [0.2, 0.25) is 5.82 Å². The summed E-state index contributed by atoms with van der Waals surface area (Å²) in [6.45, 7) is 4.58. The molecule has 5 rings (SSSR count). The van der Waals surface area contributed by atoms with Gasteiger partial charge in [0.1, 0.15) is 37.1 Å². The van der Waals surface area contributed by atoms with Crippen molar-refractivity contribution in [1.29, 1.82) is 0 Å². The second-order valence-electron chi connectivity index (χ2n) is 10.1. The van der Waals surface area contributed by atoms with E-state index in [-0.39, 0.29) is 28.9 Å². The number of rotatable bonds is 13. The van der Waals surface area contributed by atoms with Gasteiger partial charge in [-0.15, -0.1) is 0 Å². The highest BCUT2D eigenvalue weighted by atomic mass is 16.5. The van der Waals surface area contributed by atoms with Gasteiger partial charge in [0.15, 0.2) is 5.69 Å². The Labute approximate surface area is 243 Å². The van der Waals surface area contributed by atoms with Crippen molar-refractivity contribution in [2.24, 2.45) is 5.73 Å². The molecule has 0 aliphatic heterocycles. The van der Waals surface area contributed by atoms with E-state index in [1.54, 1.807) is 0 Å². The Morgan fingerprint density at radius 3 is 2.10 bits per heavy atom. The molecule has 0 radical (unpaired) electrons. The number of amides is 1. The van der Waals surface area contributed by atoms with Crippen molar-refractivity contribution in [1.82, 2.24) is 15.3 Å². The number of aromatic nitrogens is 3. The van der Waals surface area contributed by atoms with Gasteiger partial charge in [-0.1, -0.05) is 84.8 Å². The number of aliphatic hydroxyl groups excluding tert-OH is 1. The highest BCUT2D eigenvalue weighted by molar-refractivity contribution is 5.97. The molecule has 1 amide bonds. The molecule has 0 aliphatic carbocycles. The van der Waals surface area contributed by atoms with Crippen molar-refractivity contribution in [3.8, 4) is 22.9 Å². The van der Waals surface area contributed by atoms with Crippen LogP contribution in [0.3, 0.4) is 0 Å². The van der Waals surface area contributed by atoms with Crippen LogP contribution in [0.2, 0.25) is 0 Å². The summed E-state index contributed by atoms with van der Waals surface area (Å²) < 4.78 is 23.2. The summed E-state index contributed by atoms with van der Waals surface area (Å²) in [5.74, 6) is 1.23. The lowest BCUT2D eigenvalue weighted by molar-refractivity contribution is 0.0992. The van der Waals surface area contributed by atoms with Crippen molar-refractivity contribution in [2.75, 3.05) is 0 Å².